The summed E-state index contributed by atoms with van der Waals surface area (Å²) in [5.41, 5.74) is 1.44. The molecular weight excluding hydrogens is 276 g/mol. The van der Waals surface area contributed by atoms with Gasteiger partial charge in [-0.2, -0.15) is 0 Å². The highest BCUT2D eigenvalue weighted by Gasteiger charge is 2.28. The number of esters is 1. The van der Waals surface area contributed by atoms with Crippen LogP contribution in [0.5, 0.6) is 0 Å². The Balaban J connectivity index is 2.90. The molecule has 0 aromatic carbocycles. The molecule has 21 heavy (non-hydrogen) atoms. The van der Waals surface area contributed by atoms with Gasteiger partial charge in [-0.25, -0.2) is 0 Å². The average Bonchev–Trinajstić information content (AvgIpc) is 2.80. The highest BCUT2D eigenvalue weighted by molar-refractivity contribution is 5.87. The van der Waals surface area contributed by atoms with Crippen LogP contribution in [0, 0.1) is 13.8 Å². The number of hydrogen-bond donors (Lipinski definition) is 0. The number of methoxy groups -OCH3 is 2. The Hall–Kier alpha value is -1.89. The fraction of sp³-hybridized carbons (Fsp3) is 0.643. The largest absolute Gasteiger partial charge is 0.468 e. The molecule has 0 bridgehead atoms. The molecule has 0 saturated carbocycles. The van der Waals surface area contributed by atoms with E-state index in [1.807, 2.05) is 0 Å². The molecule has 0 N–H and O–H groups in total. The number of carbonyl (C=O) groups excluding carboxylic acids is 2. The monoisotopic (exact) mass is 298 g/mol. The van der Waals surface area contributed by atoms with Crippen molar-refractivity contribution >= 4 is 11.9 Å². The molecule has 7 heteroatoms. The van der Waals surface area contributed by atoms with E-state index >= 15 is 0 Å². The lowest BCUT2D eigenvalue weighted by Gasteiger charge is -2.24. The third kappa shape index (κ3) is 4.29. The molecule has 0 spiro atoms. The van der Waals surface area contributed by atoms with E-state index in [-0.39, 0.29) is 12.5 Å². The smallest absolute Gasteiger partial charge is 0.325 e. The molecule has 1 unspecified atom stereocenters. The maximum atomic E-state index is 12.6. The molecule has 1 amide bonds. The van der Waals surface area contributed by atoms with Crippen LogP contribution in [0.1, 0.15) is 29.9 Å². The molecule has 1 atom stereocenters. The summed E-state index contributed by atoms with van der Waals surface area (Å²) >= 11 is 0. The zero-order chi connectivity index (χ0) is 16.0. The van der Waals surface area contributed by atoms with Crippen molar-refractivity contribution < 1.29 is 23.6 Å². The number of rotatable bonds is 7. The first-order valence-electron chi connectivity index (χ1n) is 6.69. The van der Waals surface area contributed by atoms with Gasteiger partial charge in [0.05, 0.1) is 25.3 Å². The van der Waals surface area contributed by atoms with E-state index in [9.17, 15) is 9.59 Å². The molecule has 7 nitrogen and oxygen atoms in total. The quantitative estimate of drug-likeness (QED) is 0.700. The van der Waals surface area contributed by atoms with Crippen molar-refractivity contribution in [2.45, 2.75) is 26.7 Å². The van der Waals surface area contributed by atoms with Crippen LogP contribution in [0.4, 0.5) is 0 Å². The van der Waals surface area contributed by atoms with Crippen LogP contribution in [0.2, 0.25) is 0 Å². The fourth-order valence-electron chi connectivity index (χ4n) is 2.19. The van der Waals surface area contributed by atoms with Gasteiger partial charge in [-0.05, 0) is 20.8 Å². The van der Waals surface area contributed by atoms with Crippen molar-refractivity contribution in [2.24, 2.45) is 0 Å². The van der Waals surface area contributed by atoms with Gasteiger partial charge in [0, 0.05) is 19.2 Å². The van der Waals surface area contributed by atoms with Gasteiger partial charge in [-0.15, -0.1) is 0 Å². The predicted octanol–water partition coefficient (Wildman–Crippen LogP) is 1.04. The molecule has 0 radical (unpaired) electrons. The van der Waals surface area contributed by atoms with Crippen molar-refractivity contribution in [3.05, 3.63) is 17.0 Å². The molecule has 1 aromatic rings. The molecule has 118 valence electrons. The first kappa shape index (κ1) is 17.2. The number of nitrogens with zero attached hydrogens (tertiary/aromatic N) is 2. The van der Waals surface area contributed by atoms with Crippen molar-refractivity contribution in [1.29, 1.82) is 0 Å². The Labute approximate surface area is 124 Å². The van der Waals surface area contributed by atoms with Crippen LogP contribution >= 0.6 is 0 Å². The maximum Gasteiger partial charge on any atom is 0.325 e. The number of hydrogen-bond acceptors (Lipinski definition) is 6. The second-order valence-electron chi connectivity index (χ2n) is 4.79. The van der Waals surface area contributed by atoms with Gasteiger partial charge < -0.3 is 18.9 Å². The number of carbonyl (C=O) groups is 2. The highest BCUT2D eigenvalue weighted by Crippen LogP contribution is 2.24. The lowest BCUT2D eigenvalue weighted by atomic mass is 9.98. The predicted molar refractivity (Wildman–Crippen MR) is 74.9 cm³/mol. The number of amides is 1. The lowest BCUT2D eigenvalue weighted by molar-refractivity contribution is -0.147. The van der Waals surface area contributed by atoms with E-state index in [1.165, 1.54) is 12.0 Å². The zero-order valence-electron chi connectivity index (χ0n) is 13.1. The lowest BCUT2D eigenvalue weighted by Crippen LogP contribution is -2.40. The first-order chi connectivity index (χ1) is 9.92. The Morgan fingerprint density at radius 3 is 2.48 bits per heavy atom. The second kappa shape index (κ2) is 7.78. The summed E-state index contributed by atoms with van der Waals surface area (Å²) in [6, 6.07) is 0. The summed E-state index contributed by atoms with van der Waals surface area (Å²) < 4.78 is 14.7. The van der Waals surface area contributed by atoms with Gasteiger partial charge in [0.2, 0.25) is 5.91 Å². The first-order valence-corrected chi connectivity index (χ1v) is 6.69. The van der Waals surface area contributed by atoms with E-state index < -0.39 is 11.9 Å². The Morgan fingerprint density at radius 1 is 1.33 bits per heavy atom. The minimum Gasteiger partial charge on any atom is -0.468 e. The SMILES string of the molecule is COCCN(CC(=O)OC)C(=O)C(C)c1c(C)noc1C. The van der Waals surface area contributed by atoms with Gasteiger partial charge in [-0.1, -0.05) is 5.16 Å². The fourth-order valence-corrected chi connectivity index (χ4v) is 2.19. The number of aryl methyl sites for hydroxylation is 2. The van der Waals surface area contributed by atoms with Crippen molar-refractivity contribution in [3.63, 3.8) is 0 Å². The average molecular weight is 298 g/mol. The third-order valence-electron chi connectivity index (χ3n) is 3.32. The van der Waals surface area contributed by atoms with Crippen LogP contribution in [0.3, 0.4) is 0 Å². The summed E-state index contributed by atoms with van der Waals surface area (Å²) in [7, 11) is 2.83. The summed E-state index contributed by atoms with van der Waals surface area (Å²) in [6.45, 7) is 5.88. The second-order valence-corrected chi connectivity index (χ2v) is 4.79. The van der Waals surface area contributed by atoms with E-state index in [2.05, 4.69) is 9.89 Å². The standard InChI is InChI=1S/C14H22N2O5/c1-9(13-10(2)15-21-11(13)3)14(18)16(6-7-19-4)8-12(17)20-5/h9H,6-8H2,1-5H3. The number of aromatic nitrogens is 1. The molecule has 1 rings (SSSR count). The summed E-state index contributed by atoms with van der Waals surface area (Å²) in [5, 5.41) is 3.86. The van der Waals surface area contributed by atoms with Gasteiger partial charge >= 0.3 is 5.97 Å². The topological polar surface area (TPSA) is 81.9 Å². The Bertz CT molecular complexity index is 478. The molecule has 1 heterocycles. The minimum atomic E-state index is -0.467. The molecule has 1 aromatic heterocycles. The normalized spacial score (nSPS) is 12.0. The van der Waals surface area contributed by atoms with Crippen LogP contribution in [-0.4, -0.2) is 55.8 Å². The summed E-state index contributed by atoms with van der Waals surface area (Å²) in [4.78, 5) is 25.5. The highest BCUT2D eigenvalue weighted by atomic mass is 16.5. The van der Waals surface area contributed by atoms with Gasteiger partial charge in [0.25, 0.3) is 0 Å². The molecule has 0 aliphatic heterocycles. The van der Waals surface area contributed by atoms with E-state index in [1.54, 1.807) is 27.9 Å². The maximum absolute atomic E-state index is 12.6. The zero-order valence-corrected chi connectivity index (χ0v) is 13.1. The molecule has 0 aliphatic carbocycles. The Kier molecular flexibility index (Phi) is 6.36. The van der Waals surface area contributed by atoms with Gasteiger partial charge in [0.15, 0.2) is 0 Å². The third-order valence-corrected chi connectivity index (χ3v) is 3.32. The van der Waals surface area contributed by atoms with Crippen molar-refractivity contribution in [2.75, 3.05) is 33.9 Å². The summed E-state index contributed by atoms with van der Waals surface area (Å²) in [5.74, 6) is -0.492. The van der Waals surface area contributed by atoms with E-state index in [4.69, 9.17) is 9.26 Å². The van der Waals surface area contributed by atoms with Crippen LogP contribution in [-0.2, 0) is 19.1 Å². The van der Waals surface area contributed by atoms with Crippen LogP contribution in [0.15, 0.2) is 4.52 Å². The molecule has 0 aliphatic rings. The van der Waals surface area contributed by atoms with Crippen molar-refractivity contribution in [3.8, 4) is 0 Å². The van der Waals surface area contributed by atoms with E-state index in [0.29, 0.717) is 24.6 Å². The summed E-state index contributed by atoms with van der Waals surface area (Å²) in [6.07, 6.45) is 0. The van der Waals surface area contributed by atoms with Crippen molar-refractivity contribution in [1.82, 2.24) is 10.1 Å². The minimum absolute atomic E-state index is 0.105. The molecule has 0 fully saturated rings. The van der Waals surface area contributed by atoms with E-state index in [0.717, 1.165) is 5.56 Å². The molecular formula is C14H22N2O5. The molecule has 0 saturated heterocycles. The van der Waals surface area contributed by atoms with Crippen LogP contribution in [0.25, 0.3) is 0 Å². The van der Waals surface area contributed by atoms with Crippen LogP contribution < -0.4 is 0 Å². The van der Waals surface area contributed by atoms with Gasteiger partial charge in [0.1, 0.15) is 12.3 Å². The van der Waals surface area contributed by atoms with Gasteiger partial charge in [-0.3, -0.25) is 9.59 Å². The Morgan fingerprint density at radius 2 is 2.00 bits per heavy atom. The number of ether oxygens (including phenoxy) is 2.